The molecule has 8 nitrogen and oxygen atoms in total. The molecule has 0 saturated heterocycles. The lowest BCUT2D eigenvalue weighted by Gasteiger charge is -2.09. The van der Waals surface area contributed by atoms with Crippen LogP contribution in [0.15, 0.2) is 59.6 Å². The maximum atomic E-state index is 12.5. The third kappa shape index (κ3) is 4.03. The number of nitrogens with zero attached hydrogens (tertiary/aromatic N) is 3. The van der Waals surface area contributed by atoms with Gasteiger partial charge in [0.1, 0.15) is 5.15 Å². The van der Waals surface area contributed by atoms with Crippen molar-refractivity contribution in [2.45, 2.75) is 24.2 Å². The summed E-state index contributed by atoms with van der Waals surface area (Å²) in [5, 5.41) is 4.21. The summed E-state index contributed by atoms with van der Waals surface area (Å²) in [5.74, 6) is 0.648. The first kappa shape index (κ1) is 20.0. The molecule has 3 aromatic rings. The Balaban J connectivity index is 1.27. The molecular formula is C21H19ClN4O4S. The number of carbonyl (C=O) groups is 1. The first-order valence-electron chi connectivity index (χ1n) is 9.84. The zero-order valence-corrected chi connectivity index (χ0v) is 17.9. The molecule has 5 rings (SSSR count). The van der Waals surface area contributed by atoms with E-state index in [1.54, 1.807) is 30.5 Å². The van der Waals surface area contributed by atoms with Gasteiger partial charge in [-0.2, -0.15) is 0 Å². The number of halogens is 1. The van der Waals surface area contributed by atoms with Gasteiger partial charge in [-0.1, -0.05) is 29.8 Å². The van der Waals surface area contributed by atoms with Gasteiger partial charge in [-0.25, -0.2) is 22.8 Å². The molecule has 0 bridgehead atoms. The molecule has 2 heterocycles. The van der Waals surface area contributed by atoms with Crippen molar-refractivity contribution in [3.63, 3.8) is 0 Å². The monoisotopic (exact) mass is 458 g/mol. The summed E-state index contributed by atoms with van der Waals surface area (Å²) in [6.07, 6.45) is 5.55. The smallest absolute Gasteiger partial charge is 0.268 e. The minimum absolute atomic E-state index is 0.0214. The second-order valence-electron chi connectivity index (χ2n) is 7.93. The summed E-state index contributed by atoms with van der Waals surface area (Å²) >= 11 is 6.17. The van der Waals surface area contributed by atoms with Crippen LogP contribution in [0.5, 0.6) is 5.88 Å². The van der Waals surface area contributed by atoms with Crippen LogP contribution in [0.4, 0.5) is 0 Å². The van der Waals surface area contributed by atoms with Crippen molar-refractivity contribution in [3.8, 4) is 11.7 Å². The van der Waals surface area contributed by atoms with Crippen LogP contribution in [-0.2, 0) is 10.0 Å². The van der Waals surface area contributed by atoms with Crippen molar-refractivity contribution >= 4 is 27.5 Å². The van der Waals surface area contributed by atoms with Crippen molar-refractivity contribution in [1.82, 2.24) is 19.5 Å². The Hall–Kier alpha value is -2.91. The van der Waals surface area contributed by atoms with E-state index in [9.17, 15) is 13.2 Å². The highest BCUT2D eigenvalue weighted by Gasteiger charge is 2.62. The number of nitrogens with one attached hydrogen (secondary N) is 1. The predicted octanol–water partition coefficient (Wildman–Crippen LogP) is 3.22. The van der Waals surface area contributed by atoms with Crippen molar-refractivity contribution in [1.29, 1.82) is 0 Å². The Morgan fingerprint density at radius 2 is 1.97 bits per heavy atom. The molecule has 2 saturated carbocycles. The molecule has 1 aromatic carbocycles. The number of rotatable bonds is 7. The van der Waals surface area contributed by atoms with Crippen LogP contribution < -0.4 is 9.46 Å². The molecule has 1 unspecified atom stereocenters. The van der Waals surface area contributed by atoms with Gasteiger partial charge in [0.05, 0.1) is 17.1 Å². The van der Waals surface area contributed by atoms with Gasteiger partial charge in [0.15, 0.2) is 5.82 Å². The highest BCUT2D eigenvalue weighted by molar-refractivity contribution is 7.90. The summed E-state index contributed by atoms with van der Waals surface area (Å²) in [6.45, 7) is 0.667. The number of aromatic nitrogens is 3. The third-order valence-corrected chi connectivity index (χ3v) is 7.48. The number of hydrogen-bond acceptors (Lipinski definition) is 6. The summed E-state index contributed by atoms with van der Waals surface area (Å²) < 4.78 is 34.0. The van der Waals surface area contributed by atoms with Crippen molar-refractivity contribution in [2.24, 2.45) is 11.3 Å². The van der Waals surface area contributed by atoms with E-state index in [0.29, 0.717) is 29.6 Å². The molecule has 2 fully saturated rings. The lowest BCUT2D eigenvalue weighted by atomic mass is 10.3. The van der Waals surface area contributed by atoms with Crippen LogP contribution >= 0.6 is 11.6 Å². The zero-order chi connectivity index (χ0) is 21.6. The highest BCUT2D eigenvalue weighted by atomic mass is 35.5. The predicted molar refractivity (Wildman–Crippen MR) is 113 cm³/mol. The fraction of sp³-hybridized carbons (Fsp3) is 0.286. The lowest BCUT2D eigenvalue weighted by molar-refractivity contribution is 0.0981. The molecule has 31 heavy (non-hydrogen) atoms. The summed E-state index contributed by atoms with van der Waals surface area (Å²) in [5.41, 5.74) is 0.513. The SMILES string of the molecule is O=C(NS(=O)(=O)c1ccccc1)c1ccc(-n2ccc(OCC3CC34CC4)n2)nc1Cl. The number of pyridine rings is 1. The van der Waals surface area contributed by atoms with Crippen LogP contribution in [0.3, 0.4) is 0 Å². The van der Waals surface area contributed by atoms with Crippen molar-refractivity contribution < 1.29 is 17.9 Å². The normalized spacial score (nSPS) is 18.5. The topological polar surface area (TPSA) is 103 Å². The first-order chi connectivity index (χ1) is 14.9. The lowest BCUT2D eigenvalue weighted by Crippen LogP contribution is -2.31. The van der Waals surface area contributed by atoms with E-state index in [4.69, 9.17) is 16.3 Å². The zero-order valence-electron chi connectivity index (χ0n) is 16.4. The molecule has 10 heteroatoms. The number of benzene rings is 1. The van der Waals surface area contributed by atoms with Crippen LogP contribution in [0.1, 0.15) is 29.6 Å². The van der Waals surface area contributed by atoms with Gasteiger partial charge in [0, 0.05) is 12.3 Å². The number of sulfonamides is 1. The molecule has 0 aliphatic heterocycles. The number of hydrogen-bond donors (Lipinski definition) is 1. The van der Waals surface area contributed by atoms with E-state index >= 15 is 0 Å². The molecule has 2 aliphatic rings. The summed E-state index contributed by atoms with van der Waals surface area (Å²) in [6, 6.07) is 12.3. The number of ether oxygens (including phenoxy) is 1. The average molecular weight is 459 g/mol. The largest absolute Gasteiger partial charge is 0.476 e. The van der Waals surface area contributed by atoms with Gasteiger partial charge in [0.25, 0.3) is 15.9 Å². The van der Waals surface area contributed by atoms with Gasteiger partial charge >= 0.3 is 0 Å². The Bertz CT molecular complexity index is 1260. The molecule has 160 valence electrons. The van der Waals surface area contributed by atoms with Crippen molar-refractivity contribution in [2.75, 3.05) is 6.61 Å². The summed E-state index contributed by atoms with van der Waals surface area (Å²) in [7, 11) is -4.02. The first-order valence-corrected chi connectivity index (χ1v) is 11.7. The average Bonchev–Trinajstić information content (AvgIpc) is 3.63. The fourth-order valence-electron chi connectivity index (χ4n) is 3.70. The third-order valence-electron chi connectivity index (χ3n) is 5.84. The maximum Gasteiger partial charge on any atom is 0.268 e. The van der Waals surface area contributed by atoms with Gasteiger partial charge in [-0.3, -0.25) is 4.79 Å². The Morgan fingerprint density at radius 1 is 1.19 bits per heavy atom. The van der Waals surface area contributed by atoms with E-state index < -0.39 is 15.9 Å². The molecule has 0 radical (unpaired) electrons. The Labute approximate surface area is 184 Å². The molecule has 2 aliphatic carbocycles. The van der Waals surface area contributed by atoms with Crippen LogP contribution in [0, 0.1) is 11.3 Å². The second-order valence-corrected chi connectivity index (χ2v) is 9.97. The van der Waals surface area contributed by atoms with Crippen LogP contribution in [0.25, 0.3) is 5.82 Å². The molecule has 2 aromatic heterocycles. The van der Waals surface area contributed by atoms with Gasteiger partial charge < -0.3 is 4.74 Å². The molecule has 1 amide bonds. The van der Waals surface area contributed by atoms with Crippen LogP contribution in [-0.4, -0.2) is 35.7 Å². The second kappa shape index (κ2) is 7.35. The van der Waals surface area contributed by atoms with E-state index in [1.165, 1.54) is 48.2 Å². The molecule has 1 N–H and O–H groups in total. The van der Waals surface area contributed by atoms with Crippen LogP contribution in [0.2, 0.25) is 5.15 Å². The van der Waals surface area contributed by atoms with E-state index in [2.05, 4.69) is 10.1 Å². The summed E-state index contributed by atoms with van der Waals surface area (Å²) in [4.78, 5) is 16.6. The Kier molecular flexibility index (Phi) is 4.75. The standard InChI is InChI=1S/C21H19ClN4O4S/c22-19-16(20(27)25-31(28,29)15-4-2-1-3-5-15)6-7-17(23-19)26-11-8-18(24-26)30-13-14-12-21(14)9-10-21/h1-8,11,14H,9-10,12-13H2,(H,25,27). The maximum absolute atomic E-state index is 12.5. The quantitative estimate of drug-likeness (QED) is 0.545. The number of amides is 1. The molecule has 1 spiro atoms. The number of carbonyl (C=O) groups excluding carboxylic acids is 1. The minimum Gasteiger partial charge on any atom is -0.476 e. The highest BCUT2D eigenvalue weighted by Crippen LogP contribution is 2.70. The van der Waals surface area contributed by atoms with E-state index in [1.807, 2.05) is 4.72 Å². The Morgan fingerprint density at radius 3 is 2.65 bits per heavy atom. The molecule has 1 atom stereocenters. The van der Waals surface area contributed by atoms with Crippen molar-refractivity contribution in [3.05, 3.63) is 65.4 Å². The fourth-order valence-corrected chi connectivity index (χ4v) is 4.92. The van der Waals surface area contributed by atoms with Gasteiger partial charge in [0.2, 0.25) is 5.88 Å². The van der Waals surface area contributed by atoms with Gasteiger partial charge in [-0.15, -0.1) is 5.10 Å². The minimum atomic E-state index is -4.02. The molecular weight excluding hydrogens is 440 g/mol. The van der Waals surface area contributed by atoms with E-state index in [0.717, 1.165) is 0 Å². The van der Waals surface area contributed by atoms with E-state index in [-0.39, 0.29) is 15.6 Å². The van der Waals surface area contributed by atoms with Gasteiger partial charge in [-0.05, 0) is 54.9 Å².